The van der Waals surface area contributed by atoms with E-state index in [2.05, 4.69) is 82.8 Å². The van der Waals surface area contributed by atoms with E-state index in [1.54, 1.807) is 0 Å². The highest BCUT2D eigenvalue weighted by molar-refractivity contribution is 5.91. The van der Waals surface area contributed by atoms with Gasteiger partial charge in [-0.2, -0.15) is 0 Å². The smallest absolute Gasteiger partial charge is 0.155 e. The number of allylic oxidation sites excluding steroid dienone is 1. The van der Waals surface area contributed by atoms with Crippen molar-refractivity contribution in [2.75, 3.05) is 19.0 Å². The van der Waals surface area contributed by atoms with Crippen LogP contribution in [0.5, 0.6) is 0 Å². The zero-order valence-electron chi connectivity index (χ0n) is 22.5. The first-order chi connectivity index (χ1) is 16.4. The van der Waals surface area contributed by atoms with Crippen LogP contribution in [0.3, 0.4) is 0 Å². The van der Waals surface area contributed by atoms with Crippen molar-refractivity contribution in [3.8, 4) is 11.8 Å². The van der Waals surface area contributed by atoms with E-state index in [-0.39, 0.29) is 10.8 Å². The first-order valence-corrected chi connectivity index (χ1v) is 13.7. The molecule has 0 amide bonds. The molecule has 3 nitrogen and oxygen atoms in total. The minimum absolute atomic E-state index is 0.123. The first-order valence-electron chi connectivity index (χ1n) is 13.7. The number of ketones is 1. The Labute approximate surface area is 212 Å². The second-order valence-electron chi connectivity index (χ2n) is 13.3. The lowest BCUT2D eigenvalue weighted by atomic mass is 9.46. The summed E-state index contributed by atoms with van der Waals surface area (Å²) in [6, 6.07) is 9.12. The van der Waals surface area contributed by atoms with Crippen molar-refractivity contribution >= 4 is 11.5 Å². The number of hydrogen-bond acceptors (Lipinski definition) is 3. The molecule has 0 aliphatic heterocycles. The van der Waals surface area contributed by atoms with Crippen molar-refractivity contribution < 1.29 is 9.90 Å². The van der Waals surface area contributed by atoms with Gasteiger partial charge in [-0.15, -0.1) is 0 Å². The normalized spacial score (nSPS) is 38.4. The third kappa shape index (κ3) is 4.17. The van der Waals surface area contributed by atoms with Crippen LogP contribution < -0.4 is 4.90 Å². The average molecular weight is 474 g/mol. The largest absolute Gasteiger partial charge is 0.378 e. The molecule has 0 spiro atoms. The third-order valence-corrected chi connectivity index (χ3v) is 9.94. The molecule has 3 fully saturated rings. The lowest BCUT2D eigenvalue weighted by molar-refractivity contribution is -0.117. The predicted molar refractivity (Wildman–Crippen MR) is 143 cm³/mol. The molecule has 3 heteroatoms. The Hall–Kier alpha value is -2.05. The Kier molecular flexibility index (Phi) is 5.99. The summed E-state index contributed by atoms with van der Waals surface area (Å²) in [5.74, 6) is 9.65. The SMILES string of the molecule is CN(C)c1ccc([C@H]2C[C@@]3(C)[C@@H](CC[C@@]3(O)C#CC(C)(C)C)[C@@H]3CCC4=CC(=O)CC[C@@H]4[C@H]32)cc1. The Balaban J connectivity index is 1.59. The van der Waals surface area contributed by atoms with Gasteiger partial charge in [-0.3, -0.25) is 4.79 Å². The van der Waals surface area contributed by atoms with Crippen LogP contribution in [0.4, 0.5) is 5.69 Å². The number of aliphatic hydroxyl groups is 1. The molecule has 5 rings (SSSR count). The standard InChI is InChI=1S/C32H43NO2/c1-30(2,3)17-18-32(35)16-15-28-26-13-9-22-19-24(34)12-14-25(22)29(26)27(20-31(28,32)4)21-7-10-23(11-8-21)33(5)6/h7-8,10-11,19,25-29,35H,9,12-16,20H2,1-6H3/t25-,26-,27+,28-,29+,31-,32+/m0/s1. The van der Waals surface area contributed by atoms with Crippen molar-refractivity contribution in [3.05, 3.63) is 41.5 Å². The van der Waals surface area contributed by atoms with Gasteiger partial charge < -0.3 is 10.0 Å². The second-order valence-corrected chi connectivity index (χ2v) is 13.3. The average Bonchev–Trinajstić information content (AvgIpc) is 3.07. The van der Waals surface area contributed by atoms with Crippen molar-refractivity contribution in [1.82, 2.24) is 0 Å². The van der Waals surface area contributed by atoms with Gasteiger partial charge in [0.1, 0.15) is 5.60 Å². The Bertz CT molecular complexity index is 1080. The number of benzene rings is 1. The van der Waals surface area contributed by atoms with Gasteiger partial charge in [0.2, 0.25) is 0 Å². The van der Waals surface area contributed by atoms with Crippen LogP contribution in [-0.4, -0.2) is 30.6 Å². The van der Waals surface area contributed by atoms with E-state index >= 15 is 0 Å². The molecule has 7 atom stereocenters. The number of hydrogen-bond donors (Lipinski definition) is 1. The molecule has 0 radical (unpaired) electrons. The number of nitrogens with zero attached hydrogens (tertiary/aromatic N) is 1. The summed E-state index contributed by atoms with van der Waals surface area (Å²) in [6.45, 7) is 8.73. The molecule has 4 aliphatic carbocycles. The Morgan fingerprint density at radius 2 is 1.74 bits per heavy atom. The quantitative estimate of drug-likeness (QED) is 0.508. The van der Waals surface area contributed by atoms with Gasteiger partial charge >= 0.3 is 0 Å². The highest BCUT2D eigenvalue weighted by atomic mass is 16.3. The van der Waals surface area contributed by atoms with Crippen molar-refractivity contribution in [2.24, 2.45) is 34.5 Å². The van der Waals surface area contributed by atoms with E-state index in [4.69, 9.17) is 0 Å². The molecule has 0 unspecified atom stereocenters. The maximum absolute atomic E-state index is 12.3. The molecule has 0 aromatic heterocycles. The molecule has 1 aromatic carbocycles. The highest BCUT2D eigenvalue weighted by Crippen LogP contribution is 2.68. The highest BCUT2D eigenvalue weighted by Gasteiger charge is 2.64. The Morgan fingerprint density at radius 1 is 1.03 bits per heavy atom. The molecule has 1 aromatic rings. The lowest BCUT2D eigenvalue weighted by Crippen LogP contribution is -2.54. The molecule has 0 saturated heterocycles. The fourth-order valence-corrected chi connectivity index (χ4v) is 8.17. The summed E-state index contributed by atoms with van der Waals surface area (Å²) >= 11 is 0. The fraction of sp³-hybridized carbons (Fsp3) is 0.656. The van der Waals surface area contributed by atoms with Crippen LogP contribution in [0, 0.1) is 46.3 Å². The van der Waals surface area contributed by atoms with E-state index in [0.29, 0.717) is 41.8 Å². The number of anilines is 1. The summed E-state index contributed by atoms with van der Waals surface area (Å²) < 4.78 is 0. The van der Waals surface area contributed by atoms with Crippen LogP contribution in [0.2, 0.25) is 0 Å². The minimum Gasteiger partial charge on any atom is -0.378 e. The van der Waals surface area contributed by atoms with Gasteiger partial charge in [0.05, 0.1) is 0 Å². The van der Waals surface area contributed by atoms with Crippen LogP contribution in [0.25, 0.3) is 0 Å². The van der Waals surface area contributed by atoms with Gasteiger partial charge in [0, 0.05) is 37.0 Å². The van der Waals surface area contributed by atoms with Gasteiger partial charge in [-0.05, 0) is 113 Å². The molecule has 0 bridgehead atoms. The molecule has 4 aliphatic rings. The van der Waals surface area contributed by atoms with E-state index in [9.17, 15) is 9.90 Å². The zero-order valence-corrected chi connectivity index (χ0v) is 22.5. The van der Waals surface area contributed by atoms with Crippen LogP contribution in [0.1, 0.15) is 84.1 Å². The summed E-state index contributed by atoms with van der Waals surface area (Å²) in [4.78, 5) is 14.4. The summed E-state index contributed by atoms with van der Waals surface area (Å²) in [5, 5.41) is 12.1. The summed E-state index contributed by atoms with van der Waals surface area (Å²) in [6.07, 6.45) is 8.65. The number of rotatable bonds is 2. The van der Waals surface area contributed by atoms with Crippen molar-refractivity contribution in [3.63, 3.8) is 0 Å². The van der Waals surface area contributed by atoms with E-state index in [1.165, 1.54) is 16.8 Å². The number of carbonyl (C=O) groups is 1. The monoisotopic (exact) mass is 473 g/mol. The molecule has 188 valence electrons. The molecular formula is C32H43NO2. The molecule has 1 N–H and O–H groups in total. The molecular weight excluding hydrogens is 430 g/mol. The molecule has 0 heterocycles. The maximum Gasteiger partial charge on any atom is 0.155 e. The first kappa shape index (κ1) is 24.6. The second kappa shape index (κ2) is 8.52. The van der Waals surface area contributed by atoms with Gasteiger partial charge in [0.25, 0.3) is 0 Å². The molecule has 3 saturated carbocycles. The minimum atomic E-state index is -0.934. The van der Waals surface area contributed by atoms with Crippen LogP contribution in [0.15, 0.2) is 35.9 Å². The van der Waals surface area contributed by atoms with Gasteiger partial charge in [-0.1, -0.05) is 36.5 Å². The fourth-order valence-electron chi connectivity index (χ4n) is 8.17. The predicted octanol–water partition coefficient (Wildman–Crippen LogP) is 6.37. The molecule has 35 heavy (non-hydrogen) atoms. The van der Waals surface area contributed by atoms with E-state index in [1.807, 2.05) is 6.08 Å². The van der Waals surface area contributed by atoms with Crippen LogP contribution in [-0.2, 0) is 4.79 Å². The van der Waals surface area contributed by atoms with Gasteiger partial charge in [0.15, 0.2) is 5.78 Å². The number of fused-ring (bicyclic) bond motifs is 5. The third-order valence-electron chi connectivity index (χ3n) is 9.94. The van der Waals surface area contributed by atoms with Gasteiger partial charge in [-0.25, -0.2) is 0 Å². The Morgan fingerprint density at radius 3 is 2.40 bits per heavy atom. The van der Waals surface area contributed by atoms with Crippen molar-refractivity contribution in [1.29, 1.82) is 0 Å². The zero-order chi connectivity index (χ0) is 25.2. The maximum atomic E-state index is 12.3. The number of carbonyl (C=O) groups excluding carboxylic acids is 1. The lowest BCUT2D eigenvalue weighted by Gasteiger charge is -2.58. The van der Waals surface area contributed by atoms with E-state index in [0.717, 1.165) is 38.5 Å². The summed E-state index contributed by atoms with van der Waals surface area (Å²) in [7, 11) is 4.17. The van der Waals surface area contributed by atoms with Crippen LogP contribution >= 0.6 is 0 Å². The topological polar surface area (TPSA) is 40.5 Å². The van der Waals surface area contributed by atoms with Crippen molar-refractivity contribution in [2.45, 2.75) is 84.2 Å². The summed E-state index contributed by atoms with van der Waals surface area (Å²) in [5.41, 5.74) is 2.73. The van der Waals surface area contributed by atoms with E-state index < -0.39 is 5.60 Å².